The number of hydrazine groups is 1. The Labute approximate surface area is 206 Å². The second-order valence-electron chi connectivity index (χ2n) is 8.01. The largest absolute Gasteiger partial charge is 0.273 e. The summed E-state index contributed by atoms with van der Waals surface area (Å²) in [5.74, 6) is -0.214. The average molecular weight is 479 g/mol. The highest BCUT2D eigenvalue weighted by molar-refractivity contribution is 5.95. The van der Waals surface area contributed by atoms with Crippen LogP contribution in [0.1, 0.15) is 21.5 Å². The van der Waals surface area contributed by atoms with Crippen LogP contribution >= 0.6 is 0 Å². The summed E-state index contributed by atoms with van der Waals surface area (Å²) in [6.45, 7) is 0.412. The van der Waals surface area contributed by atoms with Crippen LogP contribution in [0.25, 0.3) is 17.1 Å². The summed E-state index contributed by atoms with van der Waals surface area (Å²) in [5.41, 5.74) is 8.72. The Morgan fingerprint density at radius 1 is 0.806 bits per heavy atom. The molecule has 10 heteroatoms. The smallest absolute Gasteiger partial charge is 0.269 e. The zero-order valence-corrected chi connectivity index (χ0v) is 19.2. The Morgan fingerprint density at radius 2 is 1.53 bits per heavy atom. The van der Waals surface area contributed by atoms with Gasteiger partial charge in [0.05, 0.1) is 24.8 Å². The molecule has 2 N–H and O–H groups in total. The minimum Gasteiger partial charge on any atom is -0.273 e. The third-order valence-corrected chi connectivity index (χ3v) is 5.36. The fourth-order valence-electron chi connectivity index (χ4n) is 3.54. The monoisotopic (exact) mass is 478 g/mol. The van der Waals surface area contributed by atoms with Crippen LogP contribution in [0.4, 0.5) is 0 Å². The molecule has 0 spiro atoms. The highest BCUT2D eigenvalue weighted by Gasteiger charge is 2.11. The summed E-state index contributed by atoms with van der Waals surface area (Å²) in [5, 5.41) is 16.8. The van der Waals surface area contributed by atoms with Crippen molar-refractivity contribution >= 4 is 11.8 Å². The Hall–Kier alpha value is -5.12. The number of nitrogens with zero attached hydrogens (tertiary/aromatic N) is 6. The van der Waals surface area contributed by atoms with Gasteiger partial charge in [-0.25, -0.2) is 4.68 Å². The predicted octanol–water partition coefficient (Wildman–Crippen LogP) is 2.58. The summed E-state index contributed by atoms with van der Waals surface area (Å²) < 4.78 is 1.69. The van der Waals surface area contributed by atoms with Crippen molar-refractivity contribution in [2.24, 2.45) is 0 Å². The Morgan fingerprint density at radius 3 is 2.28 bits per heavy atom. The Bertz CT molecular complexity index is 1460. The maximum absolute atomic E-state index is 12.4. The van der Waals surface area contributed by atoms with Crippen LogP contribution in [0.15, 0.2) is 97.3 Å². The lowest BCUT2D eigenvalue weighted by atomic mass is 10.1. The number of para-hydroxylation sites is 1. The number of benzene rings is 3. The second-order valence-corrected chi connectivity index (χ2v) is 8.01. The van der Waals surface area contributed by atoms with E-state index in [2.05, 4.69) is 31.4 Å². The Kier molecular flexibility index (Phi) is 6.57. The second kappa shape index (κ2) is 10.4. The Balaban J connectivity index is 1.12. The van der Waals surface area contributed by atoms with E-state index in [4.69, 9.17) is 0 Å². The van der Waals surface area contributed by atoms with E-state index < -0.39 is 5.91 Å². The first-order valence-electron chi connectivity index (χ1n) is 11.2. The van der Waals surface area contributed by atoms with Crippen LogP contribution in [0.5, 0.6) is 0 Å². The van der Waals surface area contributed by atoms with Gasteiger partial charge < -0.3 is 0 Å². The van der Waals surface area contributed by atoms with Crippen LogP contribution in [0.2, 0.25) is 0 Å². The molecule has 2 heterocycles. The number of nitrogens with one attached hydrogen (secondary N) is 2. The standard InChI is InChI=1S/C26H22N8O2/c35-24(15-20-16-27-33(17-20)23-9-5-2-6-10-23)28-30-26(36)22-13-11-19(12-14-22)18-34-31-25(29-32-34)21-7-3-1-4-8-21/h1-14,16-17H,15,18H2,(H,28,35)(H,30,36). The highest BCUT2D eigenvalue weighted by atomic mass is 16.2. The minimum atomic E-state index is -0.417. The molecule has 2 aromatic heterocycles. The molecule has 0 aliphatic carbocycles. The molecule has 0 unspecified atom stereocenters. The van der Waals surface area contributed by atoms with Gasteiger partial charge in [-0.2, -0.15) is 9.90 Å². The van der Waals surface area contributed by atoms with Gasteiger partial charge in [-0.3, -0.25) is 20.4 Å². The van der Waals surface area contributed by atoms with E-state index in [1.54, 1.807) is 41.3 Å². The summed E-state index contributed by atoms with van der Waals surface area (Å²) in [6, 6.07) is 26.2. The van der Waals surface area contributed by atoms with Gasteiger partial charge in [-0.15, -0.1) is 10.2 Å². The maximum Gasteiger partial charge on any atom is 0.269 e. The van der Waals surface area contributed by atoms with E-state index in [-0.39, 0.29) is 12.3 Å². The molecule has 3 aromatic carbocycles. The maximum atomic E-state index is 12.4. The molecule has 10 nitrogen and oxygen atoms in total. The molecule has 0 fully saturated rings. The average Bonchev–Trinajstić information content (AvgIpc) is 3.59. The molecule has 5 aromatic rings. The molecule has 2 amide bonds. The fraction of sp³-hybridized carbons (Fsp3) is 0.0769. The summed E-state index contributed by atoms with van der Waals surface area (Å²) >= 11 is 0. The van der Waals surface area contributed by atoms with Gasteiger partial charge in [-0.1, -0.05) is 60.7 Å². The first kappa shape index (κ1) is 22.7. The summed E-state index contributed by atoms with van der Waals surface area (Å²) in [7, 11) is 0. The number of carbonyl (C=O) groups excluding carboxylic acids is 2. The van der Waals surface area contributed by atoms with Gasteiger partial charge in [-0.05, 0) is 40.6 Å². The first-order valence-corrected chi connectivity index (χ1v) is 11.2. The predicted molar refractivity (Wildman–Crippen MR) is 132 cm³/mol. The normalized spacial score (nSPS) is 10.7. The first-order chi connectivity index (χ1) is 17.6. The van der Waals surface area contributed by atoms with Gasteiger partial charge >= 0.3 is 0 Å². The van der Waals surface area contributed by atoms with Crippen molar-refractivity contribution in [3.8, 4) is 17.1 Å². The van der Waals surface area contributed by atoms with Gasteiger partial charge in [0.2, 0.25) is 11.7 Å². The lowest BCUT2D eigenvalue weighted by Crippen LogP contribution is -2.42. The third-order valence-electron chi connectivity index (χ3n) is 5.36. The number of aromatic nitrogens is 6. The van der Waals surface area contributed by atoms with Crippen molar-refractivity contribution in [1.82, 2.24) is 40.8 Å². The van der Waals surface area contributed by atoms with Crippen molar-refractivity contribution in [3.05, 3.63) is 114 Å². The highest BCUT2D eigenvalue weighted by Crippen LogP contribution is 2.13. The van der Waals surface area contributed by atoms with Crippen molar-refractivity contribution in [2.45, 2.75) is 13.0 Å². The van der Waals surface area contributed by atoms with Gasteiger partial charge in [0.15, 0.2) is 0 Å². The zero-order valence-electron chi connectivity index (χ0n) is 19.2. The fourth-order valence-corrected chi connectivity index (χ4v) is 3.54. The number of rotatable bonds is 7. The van der Waals surface area contributed by atoms with E-state index in [9.17, 15) is 9.59 Å². The molecular formula is C26H22N8O2. The topological polar surface area (TPSA) is 120 Å². The molecule has 0 saturated carbocycles. The van der Waals surface area contributed by atoms with Crippen LogP contribution in [0.3, 0.4) is 0 Å². The lowest BCUT2D eigenvalue weighted by Gasteiger charge is -2.07. The number of amides is 2. The van der Waals surface area contributed by atoms with Crippen molar-refractivity contribution < 1.29 is 9.59 Å². The molecule has 36 heavy (non-hydrogen) atoms. The molecule has 5 rings (SSSR count). The van der Waals surface area contributed by atoms with Crippen molar-refractivity contribution in [1.29, 1.82) is 0 Å². The number of hydrogen-bond donors (Lipinski definition) is 2. The lowest BCUT2D eigenvalue weighted by molar-refractivity contribution is -0.121. The zero-order chi connectivity index (χ0) is 24.7. The van der Waals surface area contributed by atoms with Crippen LogP contribution in [-0.4, -0.2) is 41.8 Å². The third kappa shape index (κ3) is 5.50. The quantitative estimate of drug-likeness (QED) is 0.347. The van der Waals surface area contributed by atoms with E-state index in [0.29, 0.717) is 17.9 Å². The van der Waals surface area contributed by atoms with Crippen molar-refractivity contribution in [2.75, 3.05) is 0 Å². The molecule has 178 valence electrons. The van der Waals surface area contributed by atoms with Crippen LogP contribution in [0, 0.1) is 0 Å². The molecule has 0 radical (unpaired) electrons. The number of carbonyl (C=O) groups is 2. The molecule has 0 aliphatic rings. The van der Waals surface area contributed by atoms with E-state index in [1.807, 2.05) is 60.7 Å². The molecule has 0 aliphatic heterocycles. The summed E-state index contributed by atoms with van der Waals surface area (Å²) in [4.78, 5) is 26.2. The van der Waals surface area contributed by atoms with E-state index in [0.717, 1.165) is 22.4 Å². The van der Waals surface area contributed by atoms with E-state index >= 15 is 0 Å². The SMILES string of the molecule is O=C(Cc1cnn(-c2ccccc2)c1)NNC(=O)c1ccc(Cn2nnc(-c3ccccc3)n2)cc1. The number of tetrazole rings is 1. The molecule has 0 bridgehead atoms. The van der Waals surface area contributed by atoms with Gasteiger partial charge in [0, 0.05) is 17.3 Å². The molecule has 0 atom stereocenters. The van der Waals surface area contributed by atoms with Crippen molar-refractivity contribution in [3.63, 3.8) is 0 Å². The molecule has 0 saturated heterocycles. The minimum absolute atomic E-state index is 0.0852. The van der Waals surface area contributed by atoms with Gasteiger partial charge in [0.25, 0.3) is 5.91 Å². The van der Waals surface area contributed by atoms with Crippen LogP contribution < -0.4 is 10.9 Å². The number of hydrogen-bond acceptors (Lipinski definition) is 6. The van der Waals surface area contributed by atoms with Gasteiger partial charge in [0.1, 0.15) is 0 Å². The summed E-state index contributed by atoms with van der Waals surface area (Å²) in [6.07, 6.45) is 3.49. The molecular weight excluding hydrogens is 456 g/mol. The van der Waals surface area contributed by atoms with Crippen LogP contribution in [-0.2, 0) is 17.8 Å². The van der Waals surface area contributed by atoms with E-state index in [1.165, 1.54) is 4.80 Å².